The highest BCUT2D eigenvalue weighted by molar-refractivity contribution is 7.98. The molecular formula is C12H21N3O3S. The summed E-state index contributed by atoms with van der Waals surface area (Å²) in [5.41, 5.74) is 0. The molecule has 0 saturated heterocycles. The molecule has 7 heteroatoms. The van der Waals surface area contributed by atoms with Crippen molar-refractivity contribution in [2.75, 3.05) is 25.2 Å². The van der Waals surface area contributed by atoms with Crippen molar-refractivity contribution in [2.45, 2.75) is 32.2 Å². The Bertz CT molecular complexity index is 318. The van der Waals surface area contributed by atoms with Crippen LogP contribution in [0.25, 0.3) is 0 Å². The van der Waals surface area contributed by atoms with Crippen LogP contribution in [0.3, 0.4) is 0 Å². The minimum Gasteiger partial charge on any atom is -0.450 e. The first-order valence-electron chi connectivity index (χ1n) is 6.22. The van der Waals surface area contributed by atoms with Crippen molar-refractivity contribution in [3.05, 3.63) is 0 Å². The lowest BCUT2D eigenvalue weighted by molar-refractivity contribution is -0.122. The largest absolute Gasteiger partial charge is 0.450 e. The first-order valence-corrected chi connectivity index (χ1v) is 7.62. The van der Waals surface area contributed by atoms with Crippen LogP contribution in [-0.4, -0.2) is 43.2 Å². The quantitative estimate of drug-likeness (QED) is 0.623. The minimum absolute atomic E-state index is 0.249. The van der Waals surface area contributed by atoms with Crippen LogP contribution >= 0.6 is 11.8 Å². The minimum atomic E-state index is -0.636. The first-order chi connectivity index (χ1) is 9.15. The average Bonchev–Trinajstić information content (AvgIpc) is 2.38. The molecule has 0 radical (unpaired) electrons. The smallest absolute Gasteiger partial charge is 0.407 e. The summed E-state index contributed by atoms with van der Waals surface area (Å²) in [5.74, 6) is 0.165. The highest BCUT2D eigenvalue weighted by Gasteiger charge is 2.20. The molecule has 19 heavy (non-hydrogen) atoms. The zero-order valence-corrected chi connectivity index (χ0v) is 12.2. The van der Waals surface area contributed by atoms with E-state index in [1.54, 1.807) is 0 Å². The summed E-state index contributed by atoms with van der Waals surface area (Å²) in [7, 11) is 0. The molecular weight excluding hydrogens is 266 g/mol. The summed E-state index contributed by atoms with van der Waals surface area (Å²) in [6.45, 7) is 2.64. The normalized spacial score (nSPS) is 11.2. The van der Waals surface area contributed by atoms with Gasteiger partial charge in [0.05, 0.1) is 19.1 Å². The number of carbonyl (C=O) groups is 2. The van der Waals surface area contributed by atoms with E-state index in [9.17, 15) is 9.59 Å². The number of amides is 2. The summed E-state index contributed by atoms with van der Waals surface area (Å²) in [6.07, 6.45) is 3.26. The van der Waals surface area contributed by atoms with Gasteiger partial charge in [0.25, 0.3) is 0 Å². The molecule has 0 saturated carbocycles. The van der Waals surface area contributed by atoms with E-state index in [0.717, 1.165) is 12.8 Å². The lowest BCUT2D eigenvalue weighted by Crippen LogP contribution is -2.48. The van der Waals surface area contributed by atoms with Crippen LogP contribution in [0, 0.1) is 11.3 Å². The van der Waals surface area contributed by atoms with Gasteiger partial charge >= 0.3 is 6.09 Å². The molecule has 0 bridgehead atoms. The molecule has 6 nitrogen and oxygen atoms in total. The predicted molar refractivity (Wildman–Crippen MR) is 74.8 cm³/mol. The van der Waals surface area contributed by atoms with Crippen LogP contribution < -0.4 is 10.6 Å². The standard InChI is InChI=1S/C12H21N3O3S/c1-3-4-8-18-12(17)15-10(9-19-2)11(16)14-7-5-6-13/h10H,3-5,7-9H2,1-2H3,(H,14,16)(H,15,17). The van der Waals surface area contributed by atoms with Gasteiger partial charge < -0.3 is 15.4 Å². The van der Waals surface area contributed by atoms with Gasteiger partial charge in [0.15, 0.2) is 0 Å². The average molecular weight is 287 g/mol. The van der Waals surface area contributed by atoms with Gasteiger partial charge in [-0.3, -0.25) is 4.79 Å². The number of alkyl carbamates (subject to hydrolysis) is 1. The van der Waals surface area contributed by atoms with Gasteiger partial charge in [0, 0.05) is 12.3 Å². The number of thioether (sulfide) groups is 1. The van der Waals surface area contributed by atoms with E-state index in [4.69, 9.17) is 10.00 Å². The van der Waals surface area contributed by atoms with Gasteiger partial charge in [-0.2, -0.15) is 17.0 Å². The van der Waals surface area contributed by atoms with Crippen molar-refractivity contribution < 1.29 is 14.3 Å². The molecule has 0 heterocycles. The third-order valence-corrected chi connectivity index (χ3v) is 2.88. The number of hydrogen-bond acceptors (Lipinski definition) is 5. The van der Waals surface area contributed by atoms with Crippen LogP contribution in [0.5, 0.6) is 0 Å². The molecule has 0 aromatic rings. The number of nitriles is 1. The molecule has 0 aliphatic heterocycles. The zero-order chi connectivity index (χ0) is 14.5. The topological polar surface area (TPSA) is 91.2 Å². The van der Waals surface area contributed by atoms with E-state index in [1.165, 1.54) is 11.8 Å². The Balaban J connectivity index is 4.12. The fourth-order valence-corrected chi connectivity index (χ4v) is 1.78. The highest BCUT2D eigenvalue weighted by Crippen LogP contribution is 1.99. The summed E-state index contributed by atoms with van der Waals surface area (Å²) in [5, 5.41) is 13.5. The second-order valence-corrected chi connectivity index (χ2v) is 4.75. The van der Waals surface area contributed by atoms with Crippen molar-refractivity contribution in [3.8, 4) is 6.07 Å². The second-order valence-electron chi connectivity index (χ2n) is 3.84. The van der Waals surface area contributed by atoms with Crippen molar-refractivity contribution in [3.63, 3.8) is 0 Å². The third kappa shape index (κ3) is 9.19. The van der Waals surface area contributed by atoms with E-state index in [-0.39, 0.29) is 18.9 Å². The molecule has 0 rings (SSSR count). The number of ether oxygens (including phenoxy) is 1. The van der Waals surface area contributed by atoms with Crippen molar-refractivity contribution in [1.29, 1.82) is 5.26 Å². The second kappa shape index (κ2) is 11.7. The van der Waals surface area contributed by atoms with Crippen LogP contribution in [0.2, 0.25) is 0 Å². The first kappa shape index (κ1) is 17.6. The molecule has 2 N–H and O–H groups in total. The molecule has 108 valence electrons. The van der Waals surface area contributed by atoms with Crippen LogP contribution in [0.4, 0.5) is 4.79 Å². The molecule has 0 aliphatic carbocycles. The van der Waals surface area contributed by atoms with E-state index in [2.05, 4.69) is 10.6 Å². The maximum atomic E-state index is 11.8. The van der Waals surface area contributed by atoms with Crippen LogP contribution in [0.1, 0.15) is 26.2 Å². The van der Waals surface area contributed by atoms with E-state index < -0.39 is 12.1 Å². The fraction of sp³-hybridized carbons (Fsp3) is 0.750. The number of nitrogens with zero attached hydrogens (tertiary/aromatic N) is 1. The Kier molecular flexibility index (Phi) is 10.8. The van der Waals surface area contributed by atoms with E-state index in [0.29, 0.717) is 12.4 Å². The molecule has 0 spiro atoms. The van der Waals surface area contributed by atoms with Crippen molar-refractivity contribution >= 4 is 23.8 Å². The number of carbonyl (C=O) groups excluding carboxylic acids is 2. The van der Waals surface area contributed by atoms with Crippen molar-refractivity contribution in [2.24, 2.45) is 0 Å². The highest BCUT2D eigenvalue weighted by atomic mass is 32.2. The van der Waals surface area contributed by atoms with Crippen LogP contribution in [0.15, 0.2) is 0 Å². The summed E-state index contributed by atoms with van der Waals surface area (Å²) < 4.78 is 4.94. The number of hydrogen-bond donors (Lipinski definition) is 2. The van der Waals surface area contributed by atoms with Gasteiger partial charge in [0.2, 0.25) is 5.91 Å². The molecule has 0 fully saturated rings. The van der Waals surface area contributed by atoms with Gasteiger partial charge in [-0.15, -0.1) is 0 Å². The molecule has 1 unspecified atom stereocenters. The Labute approximate surface area is 118 Å². The molecule has 0 aliphatic rings. The summed E-state index contributed by atoms with van der Waals surface area (Å²) >= 11 is 1.45. The Morgan fingerprint density at radius 3 is 2.79 bits per heavy atom. The zero-order valence-electron chi connectivity index (χ0n) is 11.4. The molecule has 0 aromatic heterocycles. The number of unbranched alkanes of at least 4 members (excludes halogenated alkanes) is 1. The molecule has 1 atom stereocenters. The Morgan fingerprint density at radius 1 is 1.47 bits per heavy atom. The summed E-state index contributed by atoms with van der Waals surface area (Å²) in [4.78, 5) is 23.2. The SMILES string of the molecule is CCCCOC(=O)NC(CSC)C(=O)NCCC#N. The van der Waals surface area contributed by atoms with E-state index >= 15 is 0 Å². The third-order valence-electron chi connectivity index (χ3n) is 2.21. The molecule has 2 amide bonds. The summed E-state index contributed by atoms with van der Waals surface area (Å²) in [6, 6.07) is 1.30. The Morgan fingerprint density at radius 2 is 2.21 bits per heavy atom. The lowest BCUT2D eigenvalue weighted by atomic mass is 10.3. The maximum Gasteiger partial charge on any atom is 0.407 e. The lowest BCUT2D eigenvalue weighted by Gasteiger charge is -2.17. The Hall–Kier alpha value is -1.42. The van der Waals surface area contributed by atoms with Gasteiger partial charge in [-0.1, -0.05) is 13.3 Å². The molecule has 0 aromatic carbocycles. The number of rotatable bonds is 9. The van der Waals surface area contributed by atoms with Crippen molar-refractivity contribution in [1.82, 2.24) is 10.6 Å². The monoisotopic (exact) mass is 287 g/mol. The van der Waals surface area contributed by atoms with Gasteiger partial charge in [-0.05, 0) is 12.7 Å². The fourth-order valence-electron chi connectivity index (χ4n) is 1.21. The van der Waals surface area contributed by atoms with Crippen LogP contribution in [-0.2, 0) is 9.53 Å². The van der Waals surface area contributed by atoms with Gasteiger partial charge in [-0.25, -0.2) is 4.79 Å². The predicted octanol–water partition coefficient (Wildman–Crippen LogP) is 1.27. The number of nitrogens with one attached hydrogen (secondary N) is 2. The van der Waals surface area contributed by atoms with Gasteiger partial charge in [0.1, 0.15) is 6.04 Å². The van der Waals surface area contributed by atoms with E-state index in [1.807, 2.05) is 19.2 Å². The maximum absolute atomic E-state index is 11.8.